The first-order valence-electron chi connectivity index (χ1n) is 4.46. The monoisotopic (exact) mass is 144 g/mol. The smallest absolute Gasteiger partial charge is 0.0431 e. The fourth-order valence-electron chi connectivity index (χ4n) is 1.34. The molecule has 0 amide bonds. The molecule has 0 heterocycles. The molecule has 0 aliphatic carbocycles. The van der Waals surface area contributed by atoms with Gasteiger partial charge in [-0.25, -0.2) is 0 Å². The molecule has 0 aromatic heterocycles. The van der Waals surface area contributed by atoms with E-state index in [4.69, 9.17) is 5.11 Å². The molecule has 62 valence electrons. The van der Waals surface area contributed by atoms with Gasteiger partial charge in [-0.05, 0) is 18.8 Å². The van der Waals surface area contributed by atoms with E-state index in [2.05, 4.69) is 13.8 Å². The van der Waals surface area contributed by atoms with Crippen LogP contribution >= 0.6 is 0 Å². The zero-order chi connectivity index (χ0) is 7.82. The van der Waals surface area contributed by atoms with E-state index in [0.29, 0.717) is 6.61 Å². The van der Waals surface area contributed by atoms with Gasteiger partial charge in [-0.15, -0.1) is 0 Å². The number of hydrogen-bond acceptors (Lipinski definition) is 1. The normalized spacial score (nSPS) is 13.5. The van der Waals surface area contributed by atoms with Gasteiger partial charge in [0.2, 0.25) is 0 Å². The van der Waals surface area contributed by atoms with Gasteiger partial charge in [0.05, 0.1) is 0 Å². The van der Waals surface area contributed by atoms with Gasteiger partial charge in [0.15, 0.2) is 0 Å². The average Bonchev–Trinajstić information content (AvgIpc) is 1.98. The largest absolute Gasteiger partial charge is 0.396 e. The van der Waals surface area contributed by atoms with Crippen molar-refractivity contribution in [3.63, 3.8) is 0 Å². The maximum atomic E-state index is 8.58. The van der Waals surface area contributed by atoms with Crippen molar-refractivity contribution >= 4 is 0 Å². The zero-order valence-corrected chi connectivity index (χ0v) is 7.27. The molecule has 0 fully saturated rings. The van der Waals surface area contributed by atoms with E-state index in [-0.39, 0.29) is 0 Å². The standard InChI is InChI=1S/C9H20O/c1-3-6-9(4-2)7-5-8-10/h9-10H,3-8H2,1-2H3/t9-/m1/s1. The third-order valence-electron chi connectivity index (χ3n) is 2.04. The molecule has 0 saturated heterocycles. The highest BCUT2D eigenvalue weighted by atomic mass is 16.2. The van der Waals surface area contributed by atoms with Crippen LogP contribution in [0.1, 0.15) is 46.0 Å². The summed E-state index contributed by atoms with van der Waals surface area (Å²) in [6, 6.07) is 0. The lowest BCUT2D eigenvalue weighted by Crippen LogP contribution is -1.99. The molecule has 0 aliphatic rings. The number of aliphatic hydroxyl groups is 1. The summed E-state index contributed by atoms with van der Waals surface area (Å²) in [5.41, 5.74) is 0. The van der Waals surface area contributed by atoms with Crippen LogP contribution in [0.4, 0.5) is 0 Å². The van der Waals surface area contributed by atoms with E-state index in [9.17, 15) is 0 Å². The molecule has 0 spiro atoms. The molecule has 0 bridgehead atoms. The van der Waals surface area contributed by atoms with E-state index in [1.54, 1.807) is 0 Å². The van der Waals surface area contributed by atoms with Crippen LogP contribution in [0, 0.1) is 5.92 Å². The molecule has 10 heavy (non-hydrogen) atoms. The average molecular weight is 144 g/mol. The highest BCUT2D eigenvalue weighted by Gasteiger charge is 2.02. The van der Waals surface area contributed by atoms with Gasteiger partial charge in [-0.2, -0.15) is 0 Å². The predicted molar refractivity (Wildman–Crippen MR) is 45.0 cm³/mol. The minimum Gasteiger partial charge on any atom is -0.396 e. The summed E-state index contributed by atoms with van der Waals surface area (Å²) in [5, 5.41) is 8.58. The molecule has 1 atom stereocenters. The van der Waals surface area contributed by atoms with Crippen LogP contribution in [0.2, 0.25) is 0 Å². The van der Waals surface area contributed by atoms with E-state index >= 15 is 0 Å². The van der Waals surface area contributed by atoms with Crippen LogP contribution in [0.25, 0.3) is 0 Å². The SMILES string of the molecule is CCC[C@@H](CC)CCCO. The van der Waals surface area contributed by atoms with Crippen LogP contribution in [-0.4, -0.2) is 11.7 Å². The Morgan fingerprint density at radius 2 is 1.90 bits per heavy atom. The molecule has 0 unspecified atom stereocenters. The van der Waals surface area contributed by atoms with Gasteiger partial charge in [0.1, 0.15) is 0 Å². The number of aliphatic hydroxyl groups excluding tert-OH is 1. The lowest BCUT2D eigenvalue weighted by atomic mass is 9.96. The van der Waals surface area contributed by atoms with Crippen molar-refractivity contribution in [2.24, 2.45) is 5.92 Å². The number of hydrogen-bond donors (Lipinski definition) is 1. The Bertz CT molecular complexity index is 61.7. The molecule has 1 heteroatoms. The maximum absolute atomic E-state index is 8.58. The summed E-state index contributed by atoms with van der Waals surface area (Å²) in [4.78, 5) is 0. The molecule has 0 aliphatic heterocycles. The van der Waals surface area contributed by atoms with E-state index in [1.165, 1.54) is 25.7 Å². The van der Waals surface area contributed by atoms with Crippen LogP contribution < -0.4 is 0 Å². The molecular formula is C9H20O. The highest BCUT2D eigenvalue weighted by Crippen LogP contribution is 2.16. The number of rotatable bonds is 6. The first kappa shape index (κ1) is 9.96. The van der Waals surface area contributed by atoms with Crippen molar-refractivity contribution < 1.29 is 5.11 Å². The Morgan fingerprint density at radius 1 is 1.20 bits per heavy atom. The Labute approximate surface area is 64.5 Å². The van der Waals surface area contributed by atoms with Gasteiger partial charge in [0.25, 0.3) is 0 Å². The van der Waals surface area contributed by atoms with Crippen molar-refractivity contribution in [3.8, 4) is 0 Å². The van der Waals surface area contributed by atoms with Crippen LogP contribution in [0.3, 0.4) is 0 Å². The first-order chi connectivity index (χ1) is 4.85. The lowest BCUT2D eigenvalue weighted by molar-refractivity contribution is 0.266. The van der Waals surface area contributed by atoms with Crippen LogP contribution in [0.15, 0.2) is 0 Å². The summed E-state index contributed by atoms with van der Waals surface area (Å²) >= 11 is 0. The van der Waals surface area contributed by atoms with Gasteiger partial charge in [0, 0.05) is 6.61 Å². The summed E-state index contributed by atoms with van der Waals surface area (Å²) < 4.78 is 0. The molecule has 0 radical (unpaired) electrons. The van der Waals surface area contributed by atoms with Gasteiger partial charge < -0.3 is 5.11 Å². The Kier molecular flexibility index (Phi) is 7.04. The van der Waals surface area contributed by atoms with Crippen molar-refractivity contribution in [1.82, 2.24) is 0 Å². The lowest BCUT2D eigenvalue weighted by Gasteiger charge is -2.11. The zero-order valence-electron chi connectivity index (χ0n) is 7.27. The summed E-state index contributed by atoms with van der Waals surface area (Å²) in [7, 11) is 0. The van der Waals surface area contributed by atoms with E-state index in [0.717, 1.165) is 12.3 Å². The Morgan fingerprint density at radius 3 is 2.30 bits per heavy atom. The van der Waals surface area contributed by atoms with Gasteiger partial charge in [-0.3, -0.25) is 0 Å². The van der Waals surface area contributed by atoms with Crippen LogP contribution in [0.5, 0.6) is 0 Å². The summed E-state index contributed by atoms with van der Waals surface area (Å²) in [6.07, 6.45) is 6.08. The molecule has 0 rings (SSSR count). The topological polar surface area (TPSA) is 20.2 Å². The summed E-state index contributed by atoms with van der Waals surface area (Å²) in [5.74, 6) is 0.858. The minimum atomic E-state index is 0.361. The third-order valence-corrected chi connectivity index (χ3v) is 2.04. The Balaban J connectivity index is 3.21. The van der Waals surface area contributed by atoms with Gasteiger partial charge in [-0.1, -0.05) is 33.1 Å². The molecule has 0 aromatic rings. The third kappa shape index (κ3) is 4.80. The molecule has 0 saturated carbocycles. The van der Waals surface area contributed by atoms with Crippen molar-refractivity contribution in [2.45, 2.75) is 46.0 Å². The fourth-order valence-corrected chi connectivity index (χ4v) is 1.34. The summed E-state index contributed by atoms with van der Waals surface area (Å²) in [6.45, 7) is 4.82. The molecule has 0 aromatic carbocycles. The predicted octanol–water partition coefficient (Wildman–Crippen LogP) is 2.59. The van der Waals surface area contributed by atoms with Crippen LogP contribution in [-0.2, 0) is 0 Å². The molecule has 1 N–H and O–H groups in total. The van der Waals surface area contributed by atoms with Gasteiger partial charge >= 0.3 is 0 Å². The highest BCUT2D eigenvalue weighted by molar-refractivity contribution is 4.55. The van der Waals surface area contributed by atoms with Crippen molar-refractivity contribution in [1.29, 1.82) is 0 Å². The second-order valence-corrected chi connectivity index (χ2v) is 2.93. The second-order valence-electron chi connectivity index (χ2n) is 2.93. The molecular weight excluding hydrogens is 124 g/mol. The maximum Gasteiger partial charge on any atom is 0.0431 e. The quantitative estimate of drug-likeness (QED) is 0.607. The molecule has 1 nitrogen and oxygen atoms in total. The minimum absolute atomic E-state index is 0.361. The van der Waals surface area contributed by atoms with Crippen molar-refractivity contribution in [2.75, 3.05) is 6.61 Å². The van der Waals surface area contributed by atoms with E-state index in [1.807, 2.05) is 0 Å². The fraction of sp³-hybridized carbons (Fsp3) is 1.00. The van der Waals surface area contributed by atoms with Crippen molar-refractivity contribution in [3.05, 3.63) is 0 Å². The van der Waals surface area contributed by atoms with E-state index < -0.39 is 0 Å². The second kappa shape index (κ2) is 7.07. The Hall–Kier alpha value is -0.0400. The first-order valence-corrected chi connectivity index (χ1v) is 4.46.